The van der Waals surface area contributed by atoms with E-state index in [1.165, 1.54) is 0 Å². The van der Waals surface area contributed by atoms with Crippen molar-refractivity contribution in [1.82, 2.24) is 20.1 Å². The van der Waals surface area contributed by atoms with Crippen molar-refractivity contribution in [3.8, 4) is 11.8 Å². The first-order valence-corrected chi connectivity index (χ1v) is 7.16. The number of carbonyl (C=O) groups is 1. The zero-order valence-electron chi connectivity index (χ0n) is 10.9. The van der Waals surface area contributed by atoms with E-state index in [1.54, 1.807) is 16.8 Å². The van der Waals surface area contributed by atoms with Gasteiger partial charge in [-0.25, -0.2) is 4.68 Å². The summed E-state index contributed by atoms with van der Waals surface area (Å²) in [6.07, 6.45) is 0.808. The minimum absolute atomic E-state index is 0.0303. The summed E-state index contributed by atoms with van der Waals surface area (Å²) in [5.41, 5.74) is 1.70. The first kappa shape index (κ1) is 13.1. The molecule has 1 aromatic carbocycles. The molecule has 7 heteroatoms. The summed E-state index contributed by atoms with van der Waals surface area (Å²) in [5, 5.41) is 6.97. The van der Waals surface area contributed by atoms with Gasteiger partial charge in [-0.15, -0.1) is 5.10 Å². The quantitative estimate of drug-likeness (QED) is 0.932. The summed E-state index contributed by atoms with van der Waals surface area (Å²) >= 11 is 3.23. The molecule has 1 aliphatic heterocycles. The molecule has 2 heterocycles. The second kappa shape index (κ2) is 5.24. The van der Waals surface area contributed by atoms with Crippen molar-refractivity contribution < 1.29 is 9.53 Å². The summed E-state index contributed by atoms with van der Waals surface area (Å²) in [6.45, 7) is 3.29. The largest absolute Gasteiger partial charge is 0.424 e. The highest BCUT2D eigenvalue weighted by Crippen LogP contribution is 2.25. The highest BCUT2D eigenvalue weighted by atomic mass is 79.9. The maximum absolute atomic E-state index is 11.7. The van der Waals surface area contributed by atoms with Crippen molar-refractivity contribution in [3.05, 3.63) is 34.1 Å². The number of benzene rings is 1. The van der Waals surface area contributed by atoms with E-state index in [1.807, 2.05) is 13.0 Å². The average molecular weight is 337 g/mol. The number of nitrogens with zero attached hydrogens (tertiary/aromatic N) is 3. The molecule has 0 spiro atoms. The summed E-state index contributed by atoms with van der Waals surface area (Å²) in [7, 11) is 0. The van der Waals surface area contributed by atoms with Crippen molar-refractivity contribution in [2.75, 3.05) is 6.54 Å². The molecule has 0 saturated carbocycles. The first-order chi connectivity index (χ1) is 9.67. The molecule has 0 bridgehead atoms. The maximum atomic E-state index is 11.7. The monoisotopic (exact) mass is 336 g/mol. The van der Waals surface area contributed by atoms with Gasteiger partial charge in [0.05, 0.1) is 0 Å². The Morgan fingerprint density at radius 2 is 2.35 bits per heavy atom. The zero-order valence-corrected chi connectivity index (χ0v) is 12.5. The molecule has 20 heavy (non-hydrogen) atoms. The predicted molar refractivity (Wildman–Crippen MR) is 75.9 cm³/mol. The number of aryl methyl sites for hydroxylation is 1. The fraction of sp³-hybridized carbons (Fsp3) is 0.308. The Morgan fingerprint density at radius 3 is 3.15 bits per heavy atom. The number of carbonyl (C=O) groups excluding carboxylic acids is 1. The third kappa shape index (κ3) is 2.40. The minimum atomic E-state index is -0.0303. The van der Waals surface area contributed by atoms with Crippen LogP contribution in [0.2, 0.25) is 0 Å². The van der Waals surface area contributed by atoms with Crippen LogP contribution in [0.4, 0.5) is 0 Å². The third-order valence-electron chi connectivity index (χ3n) is 3.12. The van der Waals surface area contributed by atoms with E-state index in [2.05, 4.69) is 31.3 Å². The van der Waals surface area contributed by atoms with Crippen LogP contribution < -0.4 is 10.1 Å². The van der Waals surface area contributed by atoms with Crippen LogP contribution in [-0.4, -0.2) is 27.2 Å². The topological polar surface area (TPSA) is 69.0 Å². The Labute approximate surface area is 124 Å². The summed E-state index contributed by atoms with van der Waals surface area (Å²) < 4.78 is 7.91. The minimum Gasteiger partial charge on any atom is -0.424 e. The van der Waals surface area contributed by atoms with Gasteiger partial charge in [-0.05, 0) is 53.0 Å². The second-order valence-electron chi connectivity index (χ2n) is 4.41. The summed E-state index contributed by atoms with van der Waals surface area (Å²) in [5.74, 6) is 0.630. The van der Waals surface area contributed by atoms with Crippen molar-refractivity contribution in [2.24, 2.45) is 0 Å². The lowest BCUT2D eigenvalue weighted by Crippen LogP contribution is -2.31. The third-order valence-corrected chi connectivity index (χ3v) is 3.46. The van der Waals surface area contributed by atoms with E-state index in [-0.39, 0.29) is 5.91 Å². The molecule has 0 fully saturated rings. The van der Waals surface area contributed by atoms with Gasteiger partial charge >= 0.3 is 6.01 Å². The van der Waals surface area contributed by atoms with Gasteiger partial charge in [0.25, 0.3) is 5.91 Å². The van der Waals surface area contributed by atoms with Crippen LogP contribution in [0.15, 0.2) is 22.9 Å². The van der Waals surface area contributed by atoms with Gasteiger partial charge in [0.15, 0.2) is 0 Å². The van der Waals surface area contributed by atoms with E-state index >= 15 is 0 Å². The molecule has 2 aromatic rings. The molecule has 3 rings (SSSR count). The number of ether oxygens (including phenoxy) is 1. The maximum Gasteiger partial charge on any atom is 0.321 e. The Balaban J connectivity index is 1.90. The summed E-state index contributed by atoms with van der Waals surface area (Å²) in [4.78, 5) is 15.8. The van der Waals surface area contributed by atoms with Crippen LogP contribution in [-0.2, 0) is 13.0 Å². The molecule has 1 aromatic heterocycles. The van der Waals surface area contributed by atoms with Crippen LogP contribution in [0.1, 0.15) is 22.8 Å². The molecule has 1 N–H and O–H groups in total. The molecule has 0 unspecified atom stereocenters. The van der Waals surface area contributed by atoms with Crippen LogP contribution >= 0.6 is 15.9 Å². The molecule has 6 nitrogen and oxygen atoms in total. The van der Waals surface area contributed by atoms with Crippen LogP contribution in [0.5, 0.6) is 11.8 Å². The Hall–Kier alpha value is -1.89. The highest BCUT2D eigenvalue weighted by molar-refractivity contribution is 9.10. The van der Waals surface area contributed by atoms with Gasteiger partial charge < -0.3 is 10.1 Å². The van der Waals surface area contributed by atoms with Gasteiger partial charge in [0.1, 0.15) is 5.75 Å². The van der Waals surface area contributed by atoms with E-state index < -0.39 is 0 Å². The molecule has 0 radical (unpaired) electrons. The zero-order chi connectivity index (χ0) is 14.1. The number of aromatic nitrogens is 3. The van der Waals surface area contributed by atoms with Gasteiger partial charge in [-0.3, -0.25) is 4.79 Å². The molecular formula is C13H13BrN4O2. The standard InChI is InChI=1S/C13H13BrN4O2/c1-2-18-13(16-12(14)17-18)20-9-3-4-10-8(7-9)5-6-15-11(10)19/h3-4,7H,2,5-6H2,1H3,(H,15,19). The Bertz CT molecular complexity index is 668. The van der Waals surface area contributed by atoms with E-state index in [0.29, 0.717) is 35.1 Å². The second-order valence-corrected chi connectivity index (χ2v) is 5.12. The molecular weight excluding hydrogens is 324 g/mol. The Kier molecular flexibility index (Phi) is 3.43. The van der Waals surface area contributed by atoms with Crippen LogP contribution in [0, 0.1) is 0 Å². The average Bonchev–Trinajstić information content (AvgIpc) is 2.79. The number of hydrogen-bond acceptors (Lipinski definition) is 4. The highest BCUT2D eigenvalue weighted by Gasteiger charge is 2.17. The molecule has 1 amide bonds. The van der Waals surface area contributed by atoms with Crippen LogP contribution in [0.25, 0.3) is 0 Å². The number of fused-ring (bicyclic) bond motifs is 1. The van der Waals surface area contributed by atoms with Gasteiger partial charge in [-0.1, -0.05) is 0 Å². The molecule has 0 atom stereocenters. The lowest BCUT2D eigenvalue weighted by molar-refractivity contribution is 0.0946. The van der Waals surface area contributed by atoms with Crippen molar-refractivity contribution >= 4 is 21.8 Å². The number of halogens is 1. The smallest absolute Gasteiger partial charge is 0.321 e. The lowest BCUT2D eigenvalue weighted by Gasteiger charge is -2.17. The number of hydrogen-bond donors (Lipinski definition) is 1. The molecule has 1 aliphatic rings. The van der Waals surface area contributed by atoms with E-state index in [9.17, 15) is 4.79 Å². The normalized spacial score (nSPS) is 13.8. The van der Waals surface area contributed by atoms with Crippen LogP contribution in [0.3, 0.4) is 0 Å². The van der Waals surface area contributed by atoms with Gasteiger partial charge in [0, 0.05) is 18.7 Å². The summed E-state index contributed by atoms with van der Waals surface area (Å²) in [6, 6.07) is 5.86. The van der Waals surface area contributed by atoms with Gasteiger partial charge in [0.2, 0.25) is 4.73 Å². The molecule has 0 saturated heterocycles. The number of nitrogens with one attached hydrogen (secondary N) is 1. The van der Waals surface area contributed by atoms with Crippen molar-refractivity contribution in [2.45, 2.75) is 19.9 Å². The molecule has 0 aliphatic carbocycles. The number of rotatable bonds is 3. The van der Waals surface area contributed by atoms with E-state index in [0.717, 1.165) is 12.0 Å². The predicted octanol–water partition coefficient (Wildman–Crippen LogP) is 2.14. The van der Waals surface area contributed by atoms with Gasteiger partial charge in [-0.2, -0.15) is 4.98 Å². The lowest BCUT2D eigenvalue weighted by atomic mass is 10.0. The van der Waals surface area contributed by atoms with Crippen molar-refractivity contribution in [3.63, 3.8) is 0 Å². The SMILES string of the molecule is CCn1nc(Br)nc1Oc1ccc2c(c1)CCNC2=O. The Morgan fingerprint density at radius 1 is 1.50 bits per heavy atom. The number of amides is 1. The fourth-order valence-corrected chi connectivity index (χ4v) is 2.50. The fourth-order valence-electron chi connectivity index (χ4n) is 2.16. The van der Waals surface area contributed by atoms with E-state index in [4.69, 9.17) is 4.74 Å². The van der Waals surface area contributed by atoms with Crippen molar-refractivity contribution in [1.29, 1.82) is 0 Å². The first-order valence-electron chi connectivity index (χ1n) is 6.36. The molecule has 104 valence electrons.